The summed E-state index contributed by atoms with van der Waals surface area (Å²) >= 11 is 0. The van der Waals surface area contributed by atoms with Crippen LogP contribution in [0.2, 0.25) is 0 Å². The molecule has 4 aromatic heterocycles. The first-order valence-corrected chi connectivity index (χ1v) is 11.5. The molecule has 0 bridgehead atoms. The van der Waals surface area contributed by atoms with E-state index in [1.807, 2.05) is 12.1 Å². The topological polar surface area (TPSA) is 109 Å². The predicted molar refractivity (Wildman–Crippen MR) is 125 cm³/mol. The summed E-state index contributed by atoms with van der Waals surface area (Å²) in [5.41, 5.74) is 3.60. The maximum absolute atomic E-state index is 13.0. The van der Waals surface area contributed by atoms with Crippen molar-refractivity contribution in [3.8, 4) is 28.7 Å². The van der Waals surface area contributed by atoms with Crippen LogP contribution in [0.25, 0.3) is 33.8 Å². The fourth-order valence-electron chi connectivity index (χ4n) is 4.20. The van der Waals surface area contributed by atoms with Crippen LogP contribution in [0, 0.1) is 0 Å². The van der Waals surface area contributed by atoms with Crippen molar-refractivity contribution in [2.75, 3.05) is 7.11 Å². The largest absolute Gasteiger partial charge is 0.480 e. The monoisotopic (exact) mass is 507 g/mol. The van der Waals surface area contributed by atoms with E-state index in [0.717, 1.165) is 34.2 Å². The van der Waals surface area contributed by atoms with Gasteiger partial charge in [0.25, 0.3) is 5.82 Å². The van der Waals surface area contributed by atoms with Crippen molar-refractivity contribution in [3.05, 3.63) is 60.1 Å². The number of hydrogen-bond donors (Lipinski definition) is 0. The molecule has 1 aromatic carbocycles. The van der Waals surface area contributed by atoms with Crippen molar-refractivity contribution in [1.29, 1.82) is 0 Å². The number of ether oxygens (including phenoxy) is 1. The highest BCUT2D eigenvalue weighted by Gasteiger charge is 2.37. The standard InChI is InChI=1S/C24H20F3N9O/c1-35-20(33-23(34-35)24(25,26)27)15-5-3-13(4-6-15)11-36-21-16(10-31-36)9-28-19(32-21)17-18(14-7-8-14)29-12-30-22(17)37-2/h3-6,9-10,12,14H,7-8,11H2,1-2H3. The van der Waals surface area contributed by atoms with Gasteiger partial charge in [-0.1, -0.05) is 24.3 Å². The fourth-order valence-corrected chi connectivity index (χ4v) is 4.20. The van der Waals surface area contributed by atoms with Crippen LogP contribution in [0.4, 0.5) is 13.2 Å². The third-order valence-electron chi connectivity index (χ3n) is 6.16. The Bertz CT molecular complexity index is 1600. The van der Waals surface area contributed by atoms with Crippen molar-refractivity contribution < 1.29 is 17.9 Å². The zero-order valence-electron chi connectivity index (χ0n) is 19.8. The molecule has 1 aliphatic rings. The van der Waals surface area contributed by atoms with Gasteiger partial charge >= 0.3 is 6.18 Å². The van der Waals surface area contributed by atoms with Gasteiger partial charge in [0.1, 0.15) is 11.9 Å². The number of aromatic nitrogens is 9. The Morgan fingerprint density at radius 1 is 1.03 bits per heavy atom. The number of hydrogen-bond acceptors (Lipinski definition) is 8. The molecule has 6 rings (SSSR count). The highest BCUT2D eigenvalue weighted by molar-refractivity contribution is 5.77. The summed E-state index contributed by atoms with van der Waals surface area (Å²) in [7, 11) is 2.99. The van der Waals surface area contributed by atoms with E-state index < -0.39 is 12.0 Å². The Balaban J connectivity index is 1.31. The lowest BCUT2D eigenvalue weighted by molar-refractivity contribution is -0.144. The molecule has 1 aliphatic carbocycles. The number of benzene rings is 1. The van der Waals surface area contributed by atoms with E-state index >= 15 is 0 Å². The smallest absolute Gasteiger partial charge is 0.453 e. The molecule has 188 valence electrons. The Morgan fingerprint density at radius 3 is 2.49 bits per heavy atom. The quantitative estimate of drug-likeness (QED) is 0.339. The predicted octanol–water partition coefficient (Wildman–Crippen LogP) is 4.03. The minimum atomic E-state index is -4.60. The molecule has 0 radical (unpaired) electrons. The van der Waals surface area contributed by atoms with Gasteiger partial charge in [0.05, 0.1) is 30.9 Å². The number of halogens is 3. The maximum atomic E-state index is 13.0. The second-order valence-corrected chi connectivity index (χ2v) is 8.77. The van der Waals surface area contributed by atoms with Gasteiger partial charge in [0, 0.05) is 24.7 Å². The molecule has 0 unspecified atom stereocenters. The SMILES string of the molecule is COc1ncnc(C2CC2)c1-c1ncc2cnn(Cc3ccc(-c4nc(C(F)(F)F)nn4C)cc3)c2n1. The van der Waals surface area contributed by atoms with Crippen LogP contribution in [0.1, 0.15) is 35.8 Å². The Labute approximate surface area is 208 Å². The summed E-state index contributed by atoms with van der Waals surface area (Å²) in [6.45, 7) is 0.394. The molecule has 0 amide bonds. The van der Waals surface area contributed by atoms with Crippen LogP contribution in [-0.2, 0) is 19.8 Å². The summed E-state index contributed by atoms with van der Waals surface area (Å²) in [6, 6.07) is 7.04. The van der Waals surface area contributed by atoms with Gasteiger partial charge in [-0.3, -0.25) is 0 Å². The first-order chi connectivity index (χ1) is 17.8. The zero-order valence-corrected chi connectivity index (χ0v) is 19.8. The molecule has 0 aliphatic heterocycles. The average molecular weight is 507 g/mol. The fraction of sp³-hybridized carbons (Fsp3) is 0.292. The molecular weight excluding hydrogens is 487 g/mol. The third-order valence-corrected chi connectivity index (χ3v) is 6.16. The zero-order chi connectivity index (χ0) is 25.7. The van der Waals surface area contributed by atoms with E-state index in [1.54, 1.807) is 36.3 Å². The lowest BCUT2D eigenvalue weighted by Crippen LogP contribution is -2.08. The number of aryl methyl sites for hydroxylation is 1. The van der Waals surface area contributed by atoms with Crippen LogP contribution in [0.15, 0.2) is 43.0 Å². The van der Waals surface area contributed by atoms with Crippen molar-refractivity contribution in [2.45, 2.75) is 31.5 Å². The molecule has 0 spiro atoms. The molecule has 1 fully saturated rings. The molecule has 0 saturated heterocycles. The second kappa shape index (κ2) is 8.61. The molecule has 4 heterocycles. The first kappa shape index (κ1) is 23.0. The Hall–Kier alpha value is -4.42. The van der Waals surface area contributed by atoms with Gasteiger partial charge < -0.3 is 4.74 Å². The number of nitrogens with zero attached hydrogens (tertiary/aromatic N) is 9. The highest BCUT2D eigenvalue weighted by atomic mass is 19.4. The van der Waals surface area contributed by atoms with Crippen molar-refractivity contribution >= 4 is 11.0 Å². The second-order valence-electron chi connectivity index (χ2n) is 8.77. The summed E-state index contributed by atoms with van der Waals surface area (Å²) in [5, 5.41) is 8.71. The van der Waals surface area contributed by atoms with Crippen molar-refractivity contribution in [1.82, 2.24) is 44.5 Å². The van der Waals surface area contributed by atoms with Crippen LogP contribution in [-0.4, -0.2) is 51.6 Å². The lowest BCUT2D eigenvalue weighted by atomic mass is 10.1. The van der Waals surface area contributed by atoms with Gasteiger partial charge in [-0.05, 0) is 18.4 Å². The molecule has 10 nitrogen and oxygen atoms in total. The third kappa shape index (κ3) is 4.26. The van der Waals surface area contributed by atoms with Crippen LogP contribution >= 0.6 is 0 Å². The molecule has 1 saturated carbocycles. The lowest BCUT2D eigenvalue weighted by Gasteiger charge is -2.11. The van der Waals surface area contributed by atoms with Gasteiger partial charge in [0.15, 0.2) is 17.3 Å². The number of methoxy groups -OCH3 is 1. The van der Waals surface area contributed by atoms with E-state index in [0.29, 0.717) is 40.9 Å². The molecule has 0 atom stereocenters. The first-order valence-electron chi connectivity index (χ1n) is 11.5. The highest BCUT2D eigenvalue weighted by Crippen LogP contribution is 2.44. The summed E-state index contributed by atoms with van der Waals surface area (Å²) in [6.07, 6.45) is 2.39. The molecule has 37 heavy (non-hydrogen) atoms. The van der Waals surface area contributed by atoms with Gasteiger partial charge in [-0.25, -0.2) is 34.3 Å². The maximum Gasteiger partial charge on any atom is 0.453 e. The van der Waals surface area contributed by atoms with E-state index in [9.17, 15) is 13.2 Å². The van der Waals surface area contributed by atoms with Crippen molar-refractivity contribution in [2.24, 2.45) is 7.05 Å². The van der Waals surface area contributed by atoms with E-state index in [1.165, 1.54) is 13.4 Å². The normalized spacial score (nSPS) is 13.9. The minimum absolute atomic E-state index is 0.131. The van der Waals surface area contributed by atoms with E-state index in [2.05, 4.69) is 30.1 Å². The van der Waals surface area contributed by atoms with Gasteiger partial charge in [0.2, 0.25) is 5.88 Å². The summed E-state index contributed by atoms with van der Waals surface area (Å²) in [5.74, 6) is 0.196. The van der Waals surface area contributed by atoms with Gasteiger partial charge in [-0.15, -0.1) is 5.10 Å². The van der Waals surface area contributed by atoms with Crippen LogP contribution in [0.5, 0.6) is 5.88 Å². The average Bonchev–Trinajstić information content (AvgIpc) is 3.55. The number of fused-ring (bicyclic) bond motifs is 1. The number of alkyl halides is 3. The summed E-state index contributed by atoms with van der Waals surface area (Å²) < 4.78 is 47.3. The molecule has 5 aromatic rings. The molecule has 13 heteroatoms. The van der Waals surface area contributed by atoms with Crippen LogP contribution < -0.4 is 4.74 Å². The molecule has 0 N–H and O–H groups in total. The number of rotatable bonds is 6. The van der Waals surface area contributed by atoms with Crippen molar-refractivity contribution in [3.63, 3.8) is 0 Å². The Morgan fingerprint density at radius 2 is 1.81 bits per heavy atom. The van der Waals surface area contributed by atoms with E-state index in [-0.39, 0.29) is 5.82 Å². The molecular formula is C24H20F3N9O. The summed E-state index contributed by atoms with van der Waals surface area (Å²) in [4.78, 5) is 21.7. The minimum Gasteiger partial charge on any atom is -0.480 e. The van der Waals surface area contributed by atoms with Crippen LogP contribution in [0.3, 0.4) is 0 Å². The van der Waals surface area contributed by atoms with E-state index in [4.69, 9.17) is 9.72 Å². The van der Waals surface area contributed by atoms with Gasteiger partial charge in [-0.2, -0.15) is 18.3 Å². The Kier molecular flexibility index (Phi) is 5.35.